The quantitative estimate of drug-likeness (QED) is 0.933. The van der Waals surface area contributed by atoms with Crippen LogP contribution in [0.1, 0.15) is 11.3 Å². The van der Waals surface area contributed by atoms with Crippen molar-refractivity contribution in [3.05, 3.63) is 41.7 Å². The number of para-hydroxylation sites is 1. The average Bonchev–Trinajstić information content (AvgIpc) is 2.65. The summed E-state index contributed by atoms with van der Waals surface area (Å²) in [5, 5.41) is 0. The Morgan fingerprint density at radius 2 is 2.00 bits per heavy atom. The monoisotopic (exact) mass is 271 g/mol. The van der Waals surface area contributed by atoms with Crippen molar-refractivity contribution >= 4 is 5.95 Å². The lowest BCUT2D eigenvalue weighted by atomic mass is 10.2. The normalized spacial score (nSPS) is 11.6. The van der Waals surface area contributed by atoms with E-state index in [0.717, 1.165) is 6.07 Å². The maximum atomic E-state index is 12.7. The first kappa shape index (κ1) is 13.3. The molecule has 0 atom stereocenters. The Balaban J connectivity index is 2.16. The van der Waals surface area contributed by atoms with E-state index in [2.05, 4.69) is 4.98 Å². The molecule has 0 bridgehead atoms. The molecule has 2 aromatic rings. The molecule has 1 aromatic heterocycles. The summed E-state index contributed by atoms with van der Waals surface area (Å²) >= 11 is 0. The number of hydrogen-bond donors (Lipinski definition) is 1. The summed E-state index contributed by atoms with van der Waals surface area (Å²) in [4.78, 5) is 3.95. The van der Waals surface area contributed by atoms with Gasteiger partial charge >= 0.3 is 6.18 Å². The lowest BCUT2D eigenvalue weighted by molar-refractivity contribution is -0.139. The molecule has 0 saturated heterocycles. The maximum absolute atomic E-state index is 12.7. The average molecular weight is 271 g/mol. The minimum absolute atomic E-state index is 0.0713. The molecule has 0 aliphatic rings. The molecule has 19 heavy (non-hydrogen) atoms. The van der Waals surface area contributed by atoms with E-state index in [1.54, 1.807) is 17.8 Å². The molecule has 0 unspecified atom stereocenters. The highest BCUT2D eigenvalue weighted by atomic mass is 19.4. The summed E-state index contributed by atoms with van der Waals surface area (Å²) in [5.41, 5.74) is 5.19. The van der Waals surface area contributed by atoms with Crippen LogP contribution in [-0.2, 0) is 19.8 Å². The third kappa shape index (κ3) is 2.98. The number of imidazole rings is 1. The Morgan fingerprint density at radius 3 is 2.58 bits per heavy atom. The molecular formula is C12H12F3N3O. The number of halogens is 3. The van der Waals surface area contributed by atoms with Gasteiger partial charge in [0.1, 0.15) is 12.4 Å². The second-order valence-corrected chi connectivity index (χ2v) is 3.98. The fourth-order valence-electron chi connectivity index (χ4n) is 1.59. The highest BCUT2D eigenvalue weighted by molar-refractivity contribution is 5.35. The van der Waals surface area contributed by atoms with Crippen molar-refractivity contribution in [2.24, 2.45) is 7.05 Å². The Morgan fingerprint density at radius 1 is 1.32 bits per heavy atom. The van der Waals surface area contributed by atoms with Gasteiger partial charge in [0.25, 0.3) is 0 Å². The number of benzene rings is 1. The molecule has 2 N–H and O–H groups in total. The van der Waals surface area contributed by atoms with E-state index in [0.29, 0.717) is 5.69 Å². The number of nitrogens with zero attached hydrogens (tertiary/aromatic N) is 2. The van der Waals surface area contributed by atoms with Gasteiger partial charge in [-0.05, 0) is 12.1 Å². The van der Waals surface area contributed by atoms with E-state index in [1.807, 2.05) is 0 Å². The van der Waals surface area contributed by atoms with E-state index >= 15 is 0 Å². The molecule has 7 heteroatoms. The van der Waals surface area contributed by atoms with E-state index < -0.39 is 11.7 Å². The van der Waals surface area contributed by atoms with Crippen molar-refractivity contribution in [2.75, 3.05) is 5.73 Å². The number of ether oxygens (including phenoxy) is 1. The minimum atomic E-state index is -4.44. The molecule has 4 nitrogen and oxygen atoms in total. The van der Waals surface area contributed by atoms with Gasteiger partial charge in [0, 0.05) is 13.2 Å². The summed E-state index contributed by atoms with van der Waals surface area (Å²) in [7, 11) is 1.69. The number of nitrogens with two attached hydrogens (primary N) is 1. The molecule has 1 aromatic carbocycles. The highest BCUT2D eigenvalue weighted by Gasteiger charge is 2.34. The summed E-state index contributed by atoms with van der Waals surface area (Å²) in [6.45, 7) is -0.0713. The third-order valence-electron chi connectivity index (χ3n) is 2.53. The van der Waals surface area contributed by atoms with Crippen molar-refractivity contribution in [3.63, 3.8) is 0 Å². The second kappa shape index (κ2) is 4.83. The molecule has 0 saturated carbocycles. The van der Waals surface area contributed by atoms with Crippen LogP contribution < -0.4 is 10.5 Å². The van der Waals surface area contributed by atoms with Crippen molar-refractivity contribution in [1.82, 2.24) is 9.55 Å². The van der Waals surface area contributed by atoms with Gasteiger partial charge in [-0.3, -0.25) is 0 Å². The fourth-order valence-corrected chi connectivity index (χ4v) is 1.59. The first-order chi connectivity index (χ1) is 8.88. The molecular weight excluding hydrogens is 259 g/mol. The fraction of sp³-hybridized carbons (Fsp3) is 0.250. The van der Waals surface area contributed by atoms with Gasteiger partial charge in [0.2, 0.25) is 0 Å². The van der Waals surface area contributed by atoms with Crippen LogP contribution >= 0.6 is 0 Å². The molecule has 1 heterocycles. The predicted octanol–water partition coefficient (Wildman–Crippen LogP) is 2.60. The SMILES string of the molecule is Cn1cc(COc2ccccc2C(F)(F)F)nc1N. The molecule has 102 valence electrons. The third-order valence-corrected chi connectivity index (χ3v) is 2.53. The second-order valence-electron chi connectivity index (χ2n) is 3.98. The molecule has 0 amide bonds. The van der Waals surface area contributed by atoms with Gasteiger partial charge in [-0.2, -0.15) is 13.2 Å². The molecule has 0 fully saturated rings. The van der Waals surface area contributed by atoms with Crippen LogP contribution in [0.15, 0.2) is 30.5 Å². The van der Waals surface area contributed by atoms with Crippen molar-refractivity contribution in [3.8, 4) is 5.75 Å². The zero-order valence-electron chi connectivity index (χ0n) is 10.1. The number of anilines is 1. The van der Waals surface area contributed by atoms with Gasteiger partial charge in [-0.15, -0.1) is 0 Å². The zero-order valence-corrected chi connectivity index (χ0v) is 10.1. The van der Waals surface area contributed by atoms with E-state index in [-0.39, 0.29) is 18.3 Å². The summed E-state index contributed by atoms with van der Waals surface area (Å²) in [5.74, 6) is 0.0573. The molecule has 0 aliphatic heterocycles. The number of rotatable bonds is 3. The minimum Gasteiger partial charge on any atom is -0.487 e. The van der Waals surface area contributed by atoms with Gasteiger partial charge in [0.05, 0.1) is 11.3 Å². The van der Waals surface area contributed by atoms with Crippen LogP contribution in [-0.4, -0.2) is 9.55 Å². The number of hydrogen-bond acceptors (Lipinski definition) is 3. The smallest absolute Gasteiger partial charge is 0.419 e. The van der Waals surface area contributed by atoms with Crippen LogP contribution in [0.25, 0.3) is 0 Å². The largest absolute Gasteiger partial charge is 0.487 e. The Bertz CT molecular complexity index is 558. The summed E-state index contributed by atoms with van der Waals surface area (Å²) in [6, 6.07) is 5.04. The van der Waals surface area contributed by atoms with Crippen molar-refractivity contribution < 1.29 is 17.9 Å². The van der Waals surface area contributed by atoms with Crippen LogP contribution in [0.4, 0.5) is 19.1 Å². The van der Waals surface area contributed by atoms with Gasteiger partial charge in [-0.25, -0.2) is 4.98 Å². The van der Waals surface area contributed by atoms with E-state index in [4.69, 9.17) is 10.5 Å². The van der Waals surface area contributed by atoms with Gasteiger partial charge in [0.15, 0.2) is 5.95 Å². The number of aromatic nitrogens is 2. The Labute approximate surface area is 107 Å². The van der Waals surface area contributed by atoms with Gasteiger partial charge in [-0.1, -0.05) is 12.1 Å². The number of nitrogen functional groups attached to an aromatic ring is 1. The number of aryl methyl sites for hydroxylation is 1. The van der Waals surface area contributed by atoms with Crippen LogP contribution in [0.5, 0.6) is 5.75 Å². The first-order valence-electron chi connectivity index (χ1n) is 5.44. The topological polar surface area (TPSA) is 53.1 Å². The van der Waals surface area contributed by atoms with Crippen LogP contribution in [0.2, 0.25) is 0 Å². The Kier molecular flexibility index (Phi) is 3.37. The molecule has 0 radical (unpaired) electrons. The van der Waals surface area contributed by atoms with Gasteiger partial charge < -0.3 is 15.0 Å². The van der Waals surface area contributed by atoms with Crippen LogP contribution in [0.3, 0.4) is 0 Å². The van der Waals surface area contributed by atoms with Crippen LogP contribution in [0, 0.1) is 0 Å². The van der Waals surface area contributed by atoms with E-state index in [1.165, 1.54) is 18.2 Å². The molecule has 0 aliphatic carbocycles. The highest BCUT2D eigenvalue weighted by Crippen LogP contribution is 2.36. The summed E-state index contributed by atoms with van der Waals surface area (Å²) in [6.07, 6.45) is -2.84. The van der Waals surface area contributed by atoms with Crippen molar-refractivity contribution in [2.45, 2.75) is 12.8 Å². The van der Waals surface area contributed by atoms with Crippen molar-refractivity contribution in [1.29, 1.82) is 0 Å². The lowest BCUT2D eigenvalue weighted by Crippen LogP contribution is -2.08. The standard InChI is InChI=1S/C12H12F3N3O/c1-18-6-8(17-11(18)16)7-19-10-5-3-2-4-9(10)12(13,14)15/h2-6H,7H2,1H3,(H2,16,17). The predicted molar refractivity (Wildman–Crippen MR) is 63.4 cm³/mol. The molecule has 0 spiro atoms. The lowest BCUT2D eigenvalue weighted by Gasteiger charge is -2.12. The zero-order chi connectivity index (χ0) is 14.0. The maximum Gasteiger partial charge on any atom is 0.419 e. The number of alkyl halides is 3. The first-order valence-corrected chi connectivity index (χ1v) is 5.44. The van der Waals surface area contributed by atoms with E-state index in [9.17, 15) is 13.2 Å². The molecule has 2 rings (SSSR count). The summed E-state index contributed by atoms with van der Waals surface area (Å²) < 4.78 is 44.9. The Hall–Kier alpha value is -2.18.